The highest BCUT2D eigenvalue weighted by Crippen LogP contribution is 1.99. The van der Waals surface area contributed by atoms with E-state index in [0.29, 0.717) is 6.54 Å². The lowest BCUT2D eigenvalue weighted by Crippen LogP contribution is -2.09. The van der Waals surface area contributed by atoms with Crippen LogP contribution in [0.5, 0.6) is 0 Å². The Balaban J connectivity index is 2.40. The molecule has 4 heteroatoms. The van der Waals surface area contributed by atoms with Crippen LogP contribution < -0.4 is 0 Å². The van der Waals surface area contributed by atoms with Crippen molar-refractivity contribution in [3.05, 3.63) is 35.9 Å². The summed E-state index contributed by atoms with van der Waals surface area (Å²) in [4.78, 5) is 25.1. The van der Waals surface area contributed by atoms with Gasteiger partial charge >= 0.3 is 11.9 Å². The largest absolute Gasteiger partial charge is 0.389 e. The van der Waals surface area contributed by atoms with Gasteiger partial charge < -0.3 is 4.74 Å². The predicted molar refractivity (Wildman–Crippen MR) is 55.4 cm³/mol. The van der Waals surface area contributed by atoms with E-state index in [-0.39, 0.29) is 0 Å². The molecule has 1 aromatic carbocycles. The summed E-state index contributed by atoms with van der Waals surface area (Å²) < 4.78 is 4.26. The van der Waals surface area contributed by atoms with Crippen LogP contribution >= 0.6 is 0 Å². The zero-order chi connectivity index (χ0) is 11.1. The molecule has 0 bridgehead atoms. The second kappa shape index (κ2) is 5.70. The third-order valence-electron chi connectivity index (χ3n) is 1.56. The van der Waals surface area contributed by atoms with Crippen LogP contribution in [0.25, 0.3) is 0 Å². The molecule has 0 N–H and O–H groups in total. The maximum atomic E-state index is 10.9. The minimum Gasteiger partial charge on any atom is -0.389 e. The molecule has 0 saturated heterocycles. The number of nitrogens with zero attached hydrogens (tertiary/aromatic N) is 1. The van der Waals surface area contributed by atoms with E-state index in [2.05, 4.69) is 9.73 Å². The molecule has 0 fully saturated rings. The third-order valence-corrected chi connectivity index (χ3v) is 1.56. The van der Waals surface area contributed by atoms with Gasteiger partial charge in [-0.2, -0.15) is 0 Å². The number of carbonyl (C=O) groups is 2. The number of hydrogen-bond donors (Lipinski definition) is 0. The standard InChI is InChI=1S/C11H11NO3/c1-9(13)15-11(14)8-12-7-10-5-3-2-4-6-10/h2-6,8H,7H2,1H3. The maximum Gasteiger partial charge on any atom is 0.356 e. The summed E-state index contributed by atoms with van der Waals surface area (Å²) in [6.07, 6.45) is 1.01. The number of hydrogen-bond acceptors (Lipinski definition) is 4. The van der Waals surface area contributed by atoms with Crippen LogP contribution in [0.2, 0.25) is 0 Å². The van der Waals surface area contributed by atoms with Gasteiger partial charge in [-0.3, -0.25) is 9.79 Å². The molecule has 0 aliphatic rings. The summed E-state index contributed by atoms with van der Waals surface area (Å²) in [5, 5.41) is 0. The Morgan fingerprint density at radius 2 is 2.00 bits per heavy atom. The van der Waals surface area contributed by atoms with Crippen molar-refractivity contribution in [2.24, 2.45) is 4.99 Å². The van der Waals surface area contributed by atoms with Gasteiger partial charge in [-0.05, 0) is 5.56 Å². The van der Waals surface area contributed by atoms with Crippen molar-refractivity contribution in [2.75, 3.05) is 0 Å². The molecule has 1 rings (SSSR count). The molecule has 0 aromatic heterocycles. The summed E-state index contributed by atoms with van der Waals surface area (Å²) in [5.74, 6) is -1.37. The first-order valence-electron chi connectivity index (χ1n) is 4.44. The highest BCUT2D eigenvalue weighted by atomic mass is 16.6. The monoisotopic (exact) mass is 205 g/mol. The topological polar surface area (TPSA) is 55.7 Å². The zero-order valence-electron chi connectivity index (χ0n) is 8.34. The number of ether oxygens (including phenoxy) is 1. The Kier molecular flexibility index (Phi) is 4.22. The fourth-order valence-electron chi connectivity index (χ4n) is 0.977. The lowest BCUT2D eigenvalue weighted by Gasteiger charge is -1.94. The van der Waals surface area contributed by atoms with Crippen LogP contribution in [0.4, 0.5) is 0 Å². The normalized spacial score (nSPS) is 10.2. The van der Waals surface area contributed by atoms with Crippen molar-refractivity contribution in [1.82, 2.24) is 0 Å². The van der Waals surface area contributed by atoms with Crippen molar-refractivity contribution in [2.45, 2.75) is 13.5 Å². The zero-order valence-corrected chi connectivity index (χ0v) is 8.34. The van der Waals surface area contributed by atoms with Crippen molar-refractivity contribution in [3.63, 3.8) is 0 Å². The van der Waals surface area contributed by atoms with Gasteiger partial charge in [-0.25, -0.2) is 4.79 Å². The van der Waals surface area contributed by atoms with Crippen molar-refractivity contribution in [3.8, 4) is 0 Å². The average molecular weight is 205 g/mol. The van der Waals surface area contributed by atoms with Crippen LogP contribution in [0.1, 0.15) is 12.5 Å². The quantitative estimate of drug-likeness (QED) is 0.425. The van der Waals surface area contributed by atoms with Crippen LogP contribution in [0.3, 0.4) is 0 Å². The minimum absolute atomic E-state index is 0.397. The van der Waals surface area contributed by atoms with Gasteiger partial charge in [0.05, 0.1) is 6.54 Å². The number of rotatable bonds is 3. The summed E-state index contributed by atoms with van der Waals surface area (Å²) in [6.45, 7) is 1.57. The van der Waals surface area contributed by atoms with Gasteiger partial charge in [0.15, 0.2) is 0 Å². The van der Waals surface area contributed by atoms with E-state index >= 15 is 0 Å². The number of aliphatic imine (C=N–C) groups is 1. The van der Waals surface area contributed by atoms with Crippen LogP contribution in [0.15, 0.2) is 35.3 Å². The number of benzene rings is 1. The minimum atomic E-state index is -0.738. The van der Waals surface area contributed by atoms with E-state index < -0.39 is 11.9 Å². The Hall–Kier alpha value is -1.97. The van der Waals surface area contributed by atoms with E-state index in [1.54, 1.807) is 0 Å². The van der Waals surface area contributed by atoms with E-state index in [4.69, 9.17) is 0 Å². The molecule has 1 aromatic rings. The highest BCUT2D eigenvalue weighted by Gasteiger charge is 2.00. The van der Waals surface area contributed by atoms with Crippen LogP contribution in [0, 0.1) is 0 Å². The SMILES string of the molecule is CC(=O)OC(=O)C=NCc1ccccc1. The lowest BCUT2D eigenvalue weighted by atomic mass is 10.2. The first-order chi connectivity index (χ1) is 7.18. The Morgan fingerprint density at radius 3 is 2.60 bits per heavy atom. The molecule has 0 radical (unpaired) electrons. The predicted octanol–water partition coefficient (Wildman–Crippen LogP) is 1.35. The van der Waals surface area contributed by atoms with Crippen molar-refractivity contribution in [1.29, 1.82) is 0 Å². The summed E-state index contributed by atoms with van der Waals surface area (Å²) in [5.41, 5.74) is 0.990. The molecule has 0 atom stereocenters. The molecule has 0 spiro atoms. The van der Waals surface area contributed by atoms with Gasteiger partial charge in [0.25, 0.3) is 0 Å². The second-order valence-electron chi connectivity index (χ2n) is 2.87. The first-order valence-corrected chi connectivity index (χ1v) is 4.44. The van der Waals surface area contributed by atoms with E-state index in [1.807, 2.05) is 30.3 Å². The smallest absolute Gasteiger partial charge is 0.356 e. The summed E-state index contributed by atoms with van der Waals surface area (Å²) in [7, 11) is 0. The molecule has 0 aliphatic carbocycles. The average Bonchev–Trinajstić information content (AvgIpc) is 2.18. The van der Waals surface area contributed by atoms with Crippen molar-refractivity contribution < 1.29 is 14.3 Å². The second-order valence-corrected chi connectivity index (χ2v) is 2.87. The molecule has 0 aliphatic heterocycles. The Morgan fingerprint density at radius 1 is 1.33 bits per heavy atom. The highest BCUT2D eigenvalue weighted by molar-refractivity contribution is 6.25. The number of carbonyl (C=O) groups excluding carboxylic acids is 2. The molecular formula is C11H11NO3. The fraction of sp³-hybridized carbons (Fsp3) is 0.182. The fourth-order valence-corrected chi connectivity index (χ4v) is 0.977. The molecule has 0 saturated carbocycles. The summed E-state index contributed by atoms with van der Waals surface area (Å²) in [6, 6.07) is 9.47. The molecule has 0 heterocycles. The molecule has 78 valence electrons. The van der Waals surface area contributed by atoms with Crippen LogP contribution in [-0.4, -0.2) is 18.2 Å². The molecular weight excluding hydrogens is 194 g/mol. The van der Waals surface area contributed by atoms with Crippen LogP contribution in [-0.2, 0) is 20.9 Å². The lowest BCUT2D eigenvalue weighted by molar-refractivity contribution is -0.152. The van der Waals surface area contributed by atoms with Gasteiger partial charge in [-0.1, -0.05) is 30.3 Å². The third kappa shape index (κ3) is 4.71. The van der Waals surface area contributed by atoms with Gasteiger partial charge in [0, 0.05) is 6.92 Å². The molecule has 4 nitrogen and oxygen atoms in total. The van der Waals surface area contributed by atoms with Gasteiger partial charge in [0.2, 0.25) is 0 Å². The van der Waals surface area contributed by atoms with E-state index in [1.165, 1.54) is 6.92 Å². The Labute approximate surface area is 87.6 Å². The van der Waals surface area contributed by atoms with E-state index in [9.17, 15) is 9.59 Å². The molecule has 15 heavy (non-hydrogen) atoms. The molecule has 0 amide bonds. The maximum absolute atomic E-state index is 10.9. The molecule has 0 unspecified atom stereocenters. The van der Waals surface area contributed by atoms with E-state index in [0.717, 1.165) is 11.8 Å². The van der Waals surface area contributed by atoms with Gasteiger partial charge in [-0.15, -0.1) is 0 Å². The summed E-state index contributed by atoms with van der Waals surface area (Å²) >= 11 is 0. The Bertz CT molecular complexity index is 371. The van der Waals surface area contributed by atoms with Gasteiger partial charge in [0.1, 0.15) is 6.21 Å². The number of esters is 2. The first kappa shape index (κ1) is 11.1. The van der Waals surface area contributed by atoms with Crippen molar-refractivity contribution >= 4 is 18.2 Å².